The highest BCUT2D eigenvalue weighted by Gasteiger charge is 2.30. The molecule has 0 amide bonds. The Labute approximate surface area is 259 Å². The summed E-state index contributed by atoms with van der Waals surface area (Å²) in [5, 5.41) is 21.8. The van der Waals surface area contributed by atoms with Gasteiger partial charge in [-0.3, -0.25) is 0 Å². The molecule has 11 heteroatoms. The lowest BCUT2D eigenvalue weighted by molar-refractivity contribution is 0.0697. The molecule has 6 rings (SSSR count). The molecule has 0 aliphatic rings. The number of nitrogens with zero attached hydrogens (tertiary/aromatic N) is 2. The fraction of sp³-hybridized carbons (Fsp3) is 0. The van der Waals surface area contributed by atoms with Gasteiger partial charge in [0.05, 0.1) is 21.7 Å². The number of fused-ring (bicyclic) bond motifs is 1. The number of carbonyl (C=O) groups is 1. The van der Waals surface area contributed by atoms with Crippen LogP contribution in [0.3, 0.4) is 0 Å². The number of hydrogen-bond acceptors (Lipinski definition) is 5. The van der Waals surface area contributed by atoms with Crippen LogP contribution in [0.1, 0.15) is 15.2 Å². The molecule has 0 radical (unpaired) electrons. The molecule has 43 heavy (non-hydrogen) atoms. The molecule has 6 aromatic rings. The first-order valence-electron chi connectivity index (χ1n) is 12.6. The van der Waals surface area contributed by atoms with Gasteiger partial charge in [-0.05, 0) is 77.7 Å². The molecule has 2 heterocycles. The molecule has 4 aromatic carbocycles. The predicted octanol–water partition coefficient (Wildman–Crippen LogP) is 8.96. The summed E-state index contributed by atoms with van der Waals surface area (Å²) in [7, 11) is -4.30. The van der Waals surface area contributed by atoms with Gasteiger partial charge in [0.15, 0.2) is 0 Å². The number of thiophene rings is 1. The number of nitriles is 1. The molecule has 0 bridgehead atoms. The van der Waals surface area contributed by atoms with Gasteiger partial charge in [0.2, 0.25) is 0 Å². The first-order chi connectivity index (χ1) is 20.6. The molecule has 0 atom stereocenters. The second-order valence-corrected chi connectivity index (χ2v) is 13.0. The summed E-state index contributed by atoms with van der Waals surface area (Å²) < 4.78 is 44.7. The number of aromatic carboxylic acids is 1. The summed E-state index contributed by atoms with van der Waals surface area (Å²) in [5.41, 5.74) is 2.82. The number of aromatic nitrogens is 1. The average molecular weight is 648 g/mol. The van der Waals surface area contributed by atoms with E-state index in [-0.39, 0.29) is 26.7 Å². The van der Waals surface area contributed by atoms with Gasteiger partial charge < -0.3 is 5.11 Å². The van der Waals surface area contributed by atoms with Crippen molar-refractivity contribution in [2.75, 3.05) is 0 Å². The highest BCUT2D eigenvalue weighted by molar-refractivity contribution is 7.90. The largest absolute Gasteiger partial charge is 0.478 e. The van der Waals surface area contributed by atoms with E-state index in [0.29, 0.717) is 43.1 Å². The van der Waals surface area contributed by atoms with Crippen molar-refractivity contribution in [2.45, 2.75) is 4.90 Å². The maximum Gasteiger partial charge on any atom is 0.335 e. The van der Waals surface area contributed by atoms with Gasteiger partial charge in [-0.1, -0.05) is 47.5 Å². The zero-order valence-corrected chi connectivity index (χ0v) is 24.9. The van der Waals surface area contributed by atoms with Crippen LogP contribution in [0.4, 0.5) is 4.39 Å². The second-order valence-electron chi connectivity index (χ2n) is 9.46. The van der Waals surface area contributed by atoms with E-state index in [0.717, 1.165) is 3.97 Å². The van der Waals surface area contributed by atoms with E-state index in [2.05, 4.69) is 6.07 Å². The summed E-state index contributed by atoms with van der Waals surface area (Å²) in [5.74, 6) is -1.70. The maximum atomic E-state index is 14.8. The molecule has 0 aliphatic heterocycles. The number of hydrogen-bond donors (Lipinski definition) is 1. The van der Waals surface area contributed by atoms with Crippen LogP contribution >= 0.6 is 34.5 Å². The fourth-order valence-corrected chi connectivity index (χ4v) is 7.69. The van der Waals surface area contributed by atoms with Gasteiger partial charge in [0.25, 0.3) is 10.0 Å². The Kier molecular flexibility index (Phi) is 7.32. The van der Waals surface area contributed by atoms with E-state index in [1.54, 1.807) is 41.8 Å². The van der Waals surface area contributed by atoms with Gasteiger partial charge in [-0.15, -0.1) is 11.3 Å². The van der Waals surface area contributed by atoms with Crippen LogP contribution in [0.25, 0.3) is 44.4 Å². The Bertz CT molecular complexity index is 2230. The highest BCUT2D eigenvalue weighted by atomic mass is 35.5. The van der Waals surface area contributed by atoms with Crippen molar-refractivity contribution in [1.29, 1.82) is 5.26 Å². The summed E-state index contributed by atoms with van der Waals surface area (Å²) >= 11 is 13.7. The monoisotopic (exact) mass is 646 g/mol. The highest BCUT2D eigenvalue weighted by Crippen LogP contribution is 2.46. The van der Waals surface area contributed by atoms with Crippen molar-refractivity contribution >= 4 is 61.4 Å². The molecular formula is C32H17Cl2FN2O4S2. The quantitative estimate of drug-likeness (QED) is 0.195. The van der Waals surface area contributed by atoms with Gasteiger partial charge in [-0.2, -0.15) is 5.26 Å². The normalized spacial score (nSPS) is 11.5. The minimum Gasteiger partial charge on any atom is -0.478 e. The van der Waals surface area contributed by atoms with Gasteiger partial charge in [-0.25, -0.2) is 21.6 Å². The molecular weight excluding hydrogens is 630 g/mol. The van der Waals surface area contributed by atoms with Crippen LogP contribution in [0.5, 0.6) is 0 Å². The third-order valence-corrected chi connectivity index (χ3v) is 10.0. The van der Waals surface area contributed by atoms with E-state index in [9.17, 15) is 28.0 Å². The predicted molar refractivity (Wildman–Crippen MR) is 167 cm³/mol. The summed E-state index contributed by atoms with van der Waals surface area (Å²) in [4.78, 5) is 11.7. The third kappa shape index (κ3) is 4.98. The van der Waals surface area contributed by atoms with Crippen molar-refractivity contribution in [3.63, 3.8) is 0 Å². The van der Waals surface area contributed by atoms with Crippen molar-refractivity contribution < 1.29 is 22.7 Å². The molecule has 6 nitrogen and oxygen atoms in total. The molecule has 0 saturated carbocycles. The van der Waals surface area contributed by atoms with Crippen LogP contribution in [0.15, 0.2) is 101 Å². The molecule has 2 aromatic heterocycles. The first-order valence-corrected chi connectivity index (χ1v) is 15.6. The Morgan fingerprint density at radius 2 is 1.65 bits per heavy atom. The Hall–Kier alpha value is -4.46. The van der Waals surface area contributed by atoms with E-state index < -0.39 is 21.8 Å². The standard InChI is InChI=1S/C32H17Cl2FN2O4S2/c33-21-5-8-23(9-6-21)43(40,41)37-28-11-7-22(35)16-26(28)30(25-12-13-42-29(25)17-36)31(37)19-3-1-2-18(14-19)24-10-4-20(32(38)39)15-27(24)34/h1-16H,(H,38,39). The third-order valence-electron chi connectivity index (χ3n) is 6.94. The van der Waals surface area contributed by atoms with E-state index >= 15 is 0 Å². The van der Waals surface area contributed by atoms with Gasteiger partial charge in [0, 0.05) is 37.7 Å². The van der Waals surface area contributed by atoms with E-state index in [4.69, 9.17) is 23.2 Å². The van der Waals surface area contributed by atoms with Crippen LogP contribution < -0.4 is 0 Å². The van der Waals surface area contributed by atoms with Crippen molar-refractivity contribution in [3.8, 4) is 39.6 Å². The molecule has 1 N–H and O–H groups in total. The lowest BCUT2D eigenvalue weighted by atomic mass is 9.96. The lowest BCUT2D eigenvalue weighted by Gasteiger charge is -2.15. The number of rotatable bonds is 6. The van der Waals surface area contributed by atoms with Gasteiger partial charge >= 0.3 is 5.97 Å². The number of carboxylic acid groups (broad SMARTS) is 1. The van der Waals surface area contributed by atoms with Crippen LogP contribution in [0, 0.1) is 17.1 Å². The first kappa shape index (κ1) is 28.6. The van der Waals surface area contributed by atoms with Crippen LogP contribution in [0.2, 0.25) is 10.0 Å². The number of benzene rings is 4. The Morgan fingerprint density at radius 3 is 2.35 bits per heavy atom. The Balaban J connectivity index is 1.72. The molecule has 0 saturated heterocycles. The second kappa shape index (κ2) is 11.0. The zero-order chi connectivity index (χ0) is 30.5. The average Bonchev–Trinajstić information content (AvgIpc) is 3.59. The SMILES string of the molecule is N#Cc1sccc1-c1c(-c2cccc(-c3ccc(C(=O)O)cc3Cl)c2)n(S(=O)(=O)c2ccc(Cl)cc2)c2ccc(F)cc12. The fourth-order valence-electron chi connectivity index (χ4n) is 5.04. The lowest BCUT2D eigenvalue weighted by Crippen LogP contribution is -2.14. The number of halogens is 3. The maximum absolute atomic E-state index is 14.8. The molecule has 0 aliphatic carbocycles. The minimum atomic E-state index is -4.30. The van der Waals surface area contributed by atoms with Crippen LogP contribution in [-0.2, 0) is 10.0 Å². The summed E-state index contributed by atoms with van der Waals surface area (Å²) in [6, 6.07) is 24.7. The smallest absolute Gasteiger partial charge is 0.335 e. The minimum absolute atomic E-state index is 0.0184. The molecule has 0 fully saturated rings. The molecule has 0 spiro atoms. The summed E-state index contributed by atoms with van der Waals surface area (Å²) in [6.07, 6.45) is 0. The Morgan fingerprint density at radius 1 is 0.907 bits per heavy atom. The van der Waals surface area contributed by atoms with Crippen molar-refractivity contribution in [3.05, 3.63) is 123 Å². The van der Waals surface area contributed by atoms with Gasteiger partial charge in [0.1, 0.15) is 16.8 Å². The number of carboxylic acids is 1. The van der Waals surface area contributed by atoms with E-state index in [1.807, 2.05) is 0 Å². The molecule has 0 unspecified atom stereocenters. The zero-order valence-electron chi connectivity index (χ0n) is 21.8. The topological polar surface area (TPSA) is 100 Å². The summed E-state index contributed by atoms with van der Waals surface area (Å²) in [6.45, 7) is 0. The van der Waals surface area contributed by atoms with Crippen molar-refractivity contribution in [1.82, 2.24) is 3.97 Å². The van der Waals surface area contributed by atoms with E-state index in [1.165, 1.54) is 65.9 Å². The van der Waals surface area contributed by atoms with Crippen LogP contribution in [-0.4, -0.2) is 23.5 Å². The van der Waals surface area contributed by atoms with Crippen molar-refractivity contribution in [2.24, 2.45) is 0 Å². The molecule has 212 valence electrons.